The quantitative estimate of drug-likeness (QED) is 0.160. The van der Waals surface area contributed by atoms with Crippen LogP contribution in [0.25, 0.3) is 0 Å². The van der Waals surface area contributed by atoms with Crippen LogP contribution < -0.4 is 9.62 Å². The fourth-order valence-corrected chi connectivity index (χ4v) is 5.65. The molecule has 0 saturated carbocycles. The predicted octanol–water partition coefficient (Wildman–Crippen LogP) is 6.51. The highest BCUT2D eigenvalue weighted by molar-refractivity contribution is 14.1. The summed E-state index contributed by atoms with van der Waals surface area (Å²) in [4.78, 5) is 13.3. The Morgan fingerprint density at radius 3 is 2.57 bits per heavy atom. The van der Waals surface area contributed by atoms with E-state index in [1.165, 1.54) is 0 Å². The van der Waals surface area contributed by atoms with Crippen molar-refractivity contribution in [2.75, 3.05) is 10.8 Å². The van der Waals surface area contributed by atoms with Gasteiger partial charge in [-0.3, -0.25) is 13.3 Å². The zero-order valence-corrected chi connectivity index (χ0v) is 24.7. The summed E-state index contributed by atoms with van der Waals surface area (Å²) in [5.74, 6) is -0.306. The smallest absolute Gasteiger partial charge is 0.253 e. The summed E-state index contributed by atoms with van der Waals surface area (Å²) in [5.41, 5.74) is 2.77. The van der Waals surface area contributed by atoms with Crippen LogP contribution in [0.5, 0.6) is 0 Å². The van der Waals surface area contributed by atoms with Crippen LogP contribution in [0.15, 0.2) is 66.7 Å². The summed E-state index contributed by atoms with van der Waals surface area (Å²) < 4.78 is 35.4. The Hall–Kier alpha value is -2.09. The molecule has 12 heteroatoms. The van der Waals surface area contributed by atoms with E-state index in [1.54, 1.807) is 30.3 Å². The first-order chi connectivity index (χ1) is 17.7. The summed E-state index contributed by atoms with van der Waals surface area (Å²) in [6, 6.07) is 19.9. The van der Waals surface area contributed by atoms with E-state index in [-0.39, 0.29) is 23.0 Å². The number of hydrogen-bond donors (Lipinski definition) is 1. The van der Waals surface area contributed by atoms with Crippen molar-refractivity contribution in [3.8, 4) is 0 Å². The summed E-state index contributed by atoms with van der Waals surface area (Å²) in [7, 11) is 0. The molecule has 1 N–H and O–H groups in total. The molecule has 1 heterocycles. The van der Waals surface area contributed by atoms with Crippen molar-refractivity contribution in [2.45, 2.75) is 19.3 Å². The topological polar surface area (TPSA) is 98.2 Å². The van der Waals surface area contributed by atoms with Crippen LogP contribution in [-0.2, 0) is 17.7 Å². The van der Waals surface area contributed by atoms with Crippen molar-refractivity contribution in [3.63, 3.8) is 0 Å². The van der Waals surface area contributed by atoms with Crippen LogP contribution in [0.3, 0.4) is 0 Å². The largest absolute Gasteiger partial charge is 0.755 e. The number of nitrogens with one attached hydrogen (secondary N) is 1. The third kappa shape index (κ3) is 6.87. The number of carbonyl (C=O) groups is 1. The second-order valence-corrected chi connectivity index (χ2v) is 11.5. The molecule has 2 unspecified atom stereocenters. The maximum atomic E-state index is 13.3. The number of rotatable bonds is 9. The van der Waals surface area contributed by atoms with E-state index in [1.807, 2.05) is 43.3 Å². The number of halogens is 3. The van der Waals surface area contributed by atoms with E-state index in [4.69, 9.17) is 23.2 Å². The minimum atomic E-state index is -2.76. The second-order valence-electron chi connectivity index (χ2n) is 8.15. The molecule has 0 aliphatic heterocycles. The van der Waals surface area contributed by atoms with Crippen molar-refractivity contribution in [2.24, 2.45) is 0 Å². The Kier molecular flexibility index (Phi) is 9.54. The van der Waals surface area contributed by atoms with Crippen molar-refractivity contribution >= 4 is 86.2 Å². The summed E-state index contributed by atoms with van der Waals surface area (Å²) >= 11 is 12.4. The molecule has 0 spiro atoms. The maximum absolute atomic E-state index is 13.3. The van der Waals surface area contributed by atoms with E-state index in [0.29, 0.717) is 28.7 Å². The number of hydrogen-bond acceptors (Lipinski definition) is 6. The Morgan fingerprint density at radius 1 is 1.11 bits per heavy atom. The minimum absolute atomic E-state index is 0.0593. The molecule has 192 valence electrons. The fraction of sp³-hybridized carbons (Fsp3) is 0.160. The van der Waals surface area contributed by atoms with Gasteiger partial charge in [0.05, 0.1) is 44.3 Å². The van der Waals surface area contributed by atoms with Crippen LogP contribution in [0, 0.1) is 3.57 Å². The molecule has 0 aliphatic carbocycles. The van der Waals surface area contributed by atoms with Crippen molar-refractivity contribution in [3.05, 3.63) is 103 Å². The van der Waals surface area contributed by atoms with E-state index >= 15 is 0 Å². The molecule has 37 heavy (non-hydrogen) atoms. The maximum Gasteiger partial charge on any atom is 0.253 e. The fourth-order valence-electron chi connectivity index (χ4n) is 3.66. The van der Waals surface area contributed by atoms with Crippen molar-refractivity contribution in [1.82, 2.24) is 14.1 Å². The van der Waals surface area contributed by atoms with Gasteiger partial charge in [0.1, 0.15) is 5.69 Å². The number of anilines is 2. The normalized spacial score (nSPS) is 12.7. The molecule has 3 aromatic carbocycles. The van der Waals surface area contributed by atoms with Crippen LogP contribution >= 0.6 is 57.5 Å². The second kappa shape index (κ2) is 12.6. The standard InChI is InChI=1S/C25H21Cl2IN4O3S2/c1-15(17-7-10-20(26)21(27)12-17)14-29-25(33)19-9-8-18(28)13-23(19)32(37(34)35)24-22(30-36-31-24)11-16-5-3-2-4-6-16/h2-10,12-13,15H,11,14H2,1H3,(H,29,33)(H,34,35)/p-1. The molecule has 0 bridgehead atoms. The lowest BCUT2D eigenvalue weighted by molar-refractivity contribution is 0.0952. The molecule has 0 fully saturated rings. The molecule has 7 nitrogen and oxygen atoms in total. The Bertz CT molecular complexity index is 1440. The Labute approximate surface area is 245 Å². The molecule has 0 radical (unpaired) electrons. The van der Waals surface area contributed by atoms with Gasteiger partial charge in [0.2, 0.25) is 0 Å². The first kappa shape index (κ1) is 27.9. The van der Waals surface area contributed by atoms with Gasteiger partial charge < -0.3 is 9.87 Å². The number of benzene rings is 3. The molecule has 0 saturated heterocycles. The van der Waals surface area contributed by atoms with Gasteiger partial charge in [-0.2, -0.15) is 8.75 Å². The molecular weight excluding hydrogens is 666 g/mol. The van der Waals surface area contributed by atoms with Crippen molar-refractivity contribution in [1.29, 1.82) is 0 Å². The highest BCUT2D eigenvalue weighted by Crippen LogP contribution is 2.34. The van der Waals surface area contributed by atoms with Gasteiger partial charge in [-0.05, 0) is 70.0 Å². The van der Waals surface area contributed by atoms with Gasteiger partial charge in [0.15, 0.2) is 5.82 Å². The SMILES string of the molecule is CC(CNC(=O)c1ccc(I)cc1N(c1nsnc1Cc1ccccc1)S(=O)[O-])c1ccc(Cl)c(Cl)c1. The lowest BCUT2D eigenvalue weighted by atomic mass is 10.0. The summed E-state index contributed by atoms with van der Waals surface area (Å²) in [6.07, 6.45) is 0.396. The Balaban J connectivity index is 1.61. The van der Waals surface area contributed by atoms with Crippen LogP contribution in [0.2, 0.25) is 10.0 Å². The molecule has 4 rings (SSSR count). The molecular formula is C25H20Cl2IN4O3S2-. The van der Waals surface area contributed by atoms with E-state index in [0.717, 1.165) is 30.7 Å². The number of amides is 1. The molecule has 1 aromatic heterocycles. The van der Waals surface area contributed by atoms with Gasteiger partial charge in [-0.25, -0.2) is 0 Å². The summed E-state index contributed by atoms with van der Waals surface area (Å²) in [6.45, 7) is 2.25. The monoisotopic (exact) mass is 685 g/mol. The van der Waals surface area contributed by atoms with Gasteiger partial charge >= 0.3 is 0 Å². The highest BCUT2D eigenvalue weighted by Gasteiger charge is 2.25. The van der Waals surface area contributed by atoms with Crippen LogP contribution in [0.4, 0.5) is 11.5 Å². The molecule has 0 aliphatic rings. The third-order valence-corrected chi connectivity index (χ3v) is 8.23. The zero-order chi connectivity index (χ0) is 26.5. The molecule has 4 aromatic rings. The third-order valence-electron chi connectivity index (χ3n) is 5.60. The van der Waals surface area contributed by atoms with Gasteiger partial charge in [-0.1, -0.05) is 66.5 Å². The summed E-state index contributed by atoms with van der Waals surface area (Å²) in [5, 5.41) is 3.80. The van der Waals surface area contributed by atoms with Crippen LogP contribution in [-0.4, -0.2) is 30.0 Å². The molecule has 2 atom stereocenters. The average molecular weight is 686 g/mol. The van der Waals surface area contributed by atoms with E-state index in [2.05, 4.69) is 36.7 Å². The number of nitrogens with zero attached hydrogens (tertiary/aromatic N) is 3. The number of aromatic nitrogens is 2. The Morgan fingerprint density at radius 2 is 1.86 bits per heavy atom. The van der Waals surface area contributed by atoms with Gasteiger partial charge in [0.25, 0.3) is 5.91 Å². The lowest BCUT2D eigenvalue weighted by Gasteiger charge is -2.27. The molecule has 1 amide bonds. The van der Waals surface area contributed by atoms with Gasteiger partial charge in [-0.15, -0.1) is 0 Å². The minimum Gasteiger partial charge on any atom is -0.755 e. The van der Waals surface area contributed by atoms with E-state index in [9.17, 15) is 13.6 Å². The zero-order valence-electron chi connectivity index (χ0n) is 19.4. The lowest BCUT2D eigenvalue weighted by Crippen LogP contribution is -2.30. The van der Waals surface area contributed by atoms with Crippen LogP contribution in [0.1, 0.15) is 40.0 Å². The number of carbonyl (C=O) groups excluding carboxylic acids is 1. The first-order valence-electron chi connectivity index (χ1n) is 11.0. The average Bonchev–Trinajstić information content (AvgIpc) is 3.32. The highest BCUT2D eigenvalue weighted by atomic mass is 127. The van der Waals surface area contributed by atoms with E-state index < -0.39 is 17.2 Å². The predicted molar refractivity (Wildman–Crippen MR) is 157 cm³/mol. The van der Waals surface area contributed by atoms with Crippen molar-refractivity contribution < 1.29 is 13.6 Å². The van der Waals surface area contributed by atoms with Gasteiger partial charge in [0, 0.05) is 16.5 Å². The first-order valence-corrected chi connectivity index (χ1v) is 14.6.